The van der Waals surface area contributed by atoms with Crippen molar-refractivity contribution in [3.05, 3.63) is 42.5 Å². The lowest BCUT2D eigenvalue weighted by Crippen LogP contribution is -2.24. The number of nitrogens with zero attached hydrogens (tertiary/aromatic N) is 1. The Morgan fingerprint density at radius 2 is 1.93 bits per heavy atom. The molecule has 0 unspecified atom stereocenters. The molecule has 0 aliphatic heterocycles. The minimum absolute atomic E-state index is 0.0934. The third-order valence-corrected chi connectivity index (χ3v) is 2.47. The largest absolute Gasteiger partial charge is 0.346 e. The van der Waals surface area contributed by atoms with E-state index in [1.54, 1.807) is 18.9 Å². The van der Waals surface area contributed by atoms with Gasteiger partial charge in [0.1, 0.15) is 0 Å². The molecule has 1 rings (SSSR count). The molecule has 15 heavy (non-hydrogen) atoms. The highest BCUT2D eigenvalue weighted by atomic mass is 16.2. The normalized spacial score (nSPS) is 9.73. The Kier molecular flexibility index (Phi) is 4.10. The van der Waals surface area contributed by atoms with Crippen LogP contribution in [-0.2, 0) is 4.79 Å². The zero-order valence-corrected chi connectivity index (χ0v) is 9.36. The predicted octanol–water partition coefficient (Wildman–Crippen LogP) is 2.57. The lowest BCUT2D eigenvalue weighted by Gasteiger charge is -2.15. The zero-order valence-electron chi connectivity index (χ0n) is 9.36. The van der Waals surface area contributed by atoms with Crippen molar-refractivity contribution in [3.63, 3.8) is 0 Å². The first kappa shape index (κ1) is 11.5. The Morgan fingerprint density at radius 3 is 2.47 bits per heavy atom. The van der Waals surface area contributed by atoms with Gasteiger partial charge in [0, 0.05) is 20.5 Å². The van der Waals surface area contributed by atoms with Crippen molar-refractivity contribution in [1.29, 1.82) is 0 Å². The van der Waals surface area contributed by atoms with Gasteiger partial charge in [0.2, 0.25) is 5.91 Å². The highest BCUT2D eigenvalue weighted by Crippen LogP contribution is 2.15. The molecule has 0 fully saturated rings. The summed E-state index contributed by atoms with van der Waals surface area (Å²) in [6.07, 6.45) is 0.820. The van der Waals surface area contributed by atoms with Crippen molar-refractivity contribution in [1.82, 2.24) is 4.90 Å². The number of carbonyl (C=O) groups is 1. The lowest BCUT2D eigenvalue weighted by molar-refractivity contribution is -0.127. The SMILES string of the molecule is C=C(CCN(C)C(C)=O)c1ccccc1. The van der Waals surface area contributed by atoms with Gasteiger partial charge in [0.05, 0.1) is 0 Å². The van der Waals surface area contributed by atoms with E-state index in [1.165, 1.54) is 0 Å². The average molecular weight is 203 g/mol. The summed E-state index contributed by atoms with van der Waals surface area (Å²) < 4.78 is 0. The van der Waals surface area contributed by atoms with E-state index in [-0.39, 0.29) is 5.91 Å². The van der Waals surface area contributed by atoms with Gasteiger partial charge in [-0.05, 0) is 17.6 Å². The summed E-state index contributed by atoms with van der Waals surface area (Å²) in [6.45, 7) is 6.32. The molecular weight excluding hydrogens is 186 g/mol. The summed E-state index contributed by atoms with van der Waals surface area (Å²) in [4.78, 5) is 12.7. The fraction of sp³-hybridized carbons (Fsp3) is 0.308. The van der Waals surface area contributed by atoms with Crippen molar-refractivity contribution in [2.24, 2.45) is 0 Å². The molecule has 2 nitrogen and oxygen atoms in total. The van der Waals surface area contributed by atoms with Crippen LogP contribution < -0.4 is 0 Å². The first-order chi connectivity index (χ1) is 7.11. The van der Waals surface area contributed by atoms with Gasteiger partial charge in [-0.1, -0.05) is 36.9 Å². The molecule has 0 saturated carbocycles. The van der Waals surface area contributed by atoms with Crippen molar-refractivity contribution >= 4 is 11.5 Å². The van der Waals surface area contributed by atoms with E-state index in [4.69, 9.17) is 0 Å². The fourth-order valence-electron chi connectivity index (χ4n) is 1.28. The molecule has 1 aromatic carbocycles. The maximum Gasteiger partial charge on any atom is 0.219 e. The molecule has 1 amide bonds. The Morgan fingerprint density at radius 1 is 1.33 bits per heavy atom. The molecule has 80 valence electrons. The molecule has 0 aromatic heterocycles. The second-order valence-electron chi connectivity index (χ2n) is 3.66. The Balaban J connectivity index is 2.47. The highest BCUT2D eigenvalue weighted by Gasteiger charge is 2.03. The van der Waals surface area contributed by atoms with E-state index in [2.05, 4.69) is 6.58 Å². The molecular formula is C13H17NO. The second-order valence-corrected chi connectivity index (χ2v) is 3.66. The van der Waals surface area contributed by atoms with E-state index >= 15 is 0 Å². The Bertz CT molecular complexity index is 343. The van der Waals surface area contributed by atoms with Crippen LogP contribution in [0.5, 0.6) is 0 Å². The molecule has 0 saturated heterocycles. The Labute approximate surface area is 91.2 Å². The van der Waals surface area contributed by atoms with Crippen molar-refractivity contribution in [2.45, 2.75) is 13.3 Å². The quantitative estimate of drug-likeness (QED) is 0.736. The third kappa shape index (κ3) is 3.58. The van der Waals surface area contributed by atoms with Gasteiger partial charge < -0.3 is 4.90 Å². The van der Waals surface area contributed by atoms with Gasteiger partial charge in [-0.3, -0.25) is 4.79 Å². The van der Waals surface area contributed by atoms with Gasteiger partial charge in [-0.15, -0.1) is 0 Å². The smallest absolute Gasteiger partial charge is 0.219 e. The van der Waals surface area contributed by atoms with Crippen LogP contribution in [0.4, 0.5) is 0 Å². The van der Waals surface area contributed by atoms with E-state index in [0.29, 0.717) is 0 Å². The molecule has 0 bridgehead atoms. The minimum Gasteiger partial charge on any atom is -0.346 e. The van der Waals surface area contributed by atoms with Gasteiger partial charge in [-0.25, -0.2) is 0 Å². The van der Waals surface area contributed by atoms with Crippen LogP contribution in [0.1, 0.15) is 18.9 Å². The van der Waals surface area contributed by atoms with Gasteiger partial charge >= 0.3 is 0 Å². The zero-order chi connectivity index (χ0) is 11.3. The number of hydrogen-bond donors (Lipinski definition) is 0. The summed E-state index contributed by atoms with van der Waals surface area (Å²) in [5.41, 5.74) is 2.22. The van der Waals surface area contributed by atoms with Gasteiger partial charge in [0.15, 0.2) is 0 Å². The highest BCUT2D eigenvalue weighted by molar-refractivity contribution is 5.73. The third-order valence-electron chi connectivity index (χ3n) is 2.47. The number of rotatable bonds is 4. The molecule has 0 atom stereocenters. The van der Waals surface area contributed by atoms with Crippen LogP contribution >= 0.6 is 0 Å². The van der Waals surface area contributed by atoms with Crippen molar-refractivity contribution in [2.75, 3.05) is 13.6 Å². The molecule has 1 aromatic rings. The van der Waals surface area contributed by atoms with Crippen molar-refractivity contribution < 1.29 is 4.79 Å². The van der Waals surface area contributed by atoms with Crippen LogP contribution in [0.3, 0.4) is 0 Å². The van der Waals surface area contributed by atoms with E-state index in [0.717, 1.165) is 24.1 Å². The molecule has 2 heteroatoms. The minimum atomic E-state index is 0.0934. The van der Waals surface area contributed by atoms with Gasteiger partial charge in [-0.2, -0.15) is 0 Å². The van der Waals surface area contributed by atoms with E-state index in [1.807, 2.05) is 30.3 Å². The van der Waals surface area contributed by atoms with E-state index in [9.17, 15) is 4.79 Å². The average Bonchev–Trinajstić information content (AvgIpc) is 2.26. The lowest BCUT2D eigenvalue weighted by atomic mass is 10.0. The predicted molar refractivity (Wildman–Crippen MR) is 63.4 cm³/mol. The molecule has 0 aliphatic rings. The summed E-state index contributed by atoms with van der Waals surface area (Å²) >= 11 is 0. The monoisotopic (exact) mass is 203 g/mol. The van der Waals surface area contributed by atoms with Crippen LogP contribution in [-0.4, -0.2) is 24.4 Å². The molecule has 0 N–H and O–H groups in total. The fourth-order valence-corrected chi connectivity index (χ4v) is 1.28. The van der Waals surface area contributed by atoms with E-state index < -0.39 is 0 Å². The topological polar surface area (TPSA) is 20.3 Å². The number of benzene rings is 1. The number of amides is 1. The standard InChI is InChI=1S/C13H17NO/c1-11(9-10-14(3)12(2)15)13-7-5-4-6-8-13/h4-8H,1,9-10H2,2-3H3. The summed E-state index contributed by atoms with van der Waals surface area (Å²) in [6, 6.07) is 10.1. The van der Waals surface area contributed by atoms with Crippen molar-refractivity contribution in [3.8, 4) is 0 Å². The molecule has 0 heterocycles. The summed E-state index contributed by atoms with van der Waals surface area (Å²) in [7, 11) is 1.81. The van der Waals surface area contributed by atoms with Crippen LogP contribution in [0.2, 0.25) is 0 Å². The first-order valence-electron chi connectivity index (χ1n) is 5.06. The van der Waals surface area contributed by atoms with Crippen LogP contribution in [0.25, 0.3) is 5.57 Å². The van der Waals surface area contributed by atoms with Crippen LogP contribution in [0.15, 0.2) is 36.9 Å². The maximum atomic E-state index is 11.0. The summed E-state index contributed by atoms with van der Waals surface area (Å²) in [5.74, 6) is 0.0934. The molecule has 0 aliphatic carbocycles. The second kappa shape index (κ2) is 5.35. The Hall–Kier alpha value is -1.57. The van der Waals surface area contributed by atoms with Crippen LogP contribution in [0, 0.1) is 0 Å². The summed E-state index contributed by atoms with van der Waals surface area (Å²) in [5, 5.41) is 0. The molecule has 0 spiro atoms. The number of hydrogen-bond acceptors (Lipinski definition) is 1. The number of carbonyl (C=O) groups excluding carboxylic acids is 1. The molecule has 0 radical (unpaired) electrons. The first-order valence-corrected chi connectivity index (χ1v) is 5.06. The van der Waals surface area contributed by atoms with Gasteiger partial charge in [0.25, 0.3) is 0 Å². The maximum absolute atomic E-state index is 11.0.